The van der Waals surface area contributed by atoms with E-state index in [0.29, 0.717) is 30.6 Å². The fourth-order valence-corrected chi connectivity index (χ4v) is 5.67. The average molecular weight is 411 g/mol. The van der Waals surface area contributed by atoms with Gasteiger partial charge in [0, 0.05) is 36.3 Å². The van der Waals surface area contributed by atoms with Crippen molar-refractivity contribution in [1.82, 2.24) is 15.1 Å². The molecular weight excluding hydrogens is 380 g/mol. The minimum atomic E-state index is -0.558. The molecule has 3 atom stereocenters. The number of carbonyl (C=O) groups excluding carboxylic acids is 3. The average Bonchev–Trinajstić information content (AvgIpc) is 3.33. The zero-order valence-corrected chi connectivity index (χ0v) is 17.4. The molecular formula is C23H30N4O3. The van der Waals surface area contributed by atoms with Crippen LogP contribution < -0.4 is 10.6 Å². The fourth-order valence-electron chi connectivity index (χ4n) is 5.67. The number of amides is 3. The molecule has 4 aliphatic rings. The highest BCUT2D eigenvalue weighted by Gasteiger charge is 2.39. The fraction of sp³-hybridized carbons (Fsp3) is 0.609. The van der Waals surface area contributed by atoms with Crippen LogP contribution in [0.5, 0.6) is 0 Å². The Morgan fingerprint density at radius 2 is 1.80 bits per heavy atom. The van der Waals surface area contributed by atoms with Crippen LogP contribution in [0.25, 0.3) is 0 Å². The predicted octanol–water partition coefficient (Wildman–Crippen LogP) is 2.27. The summed E-state index contributed by atoms with van der Waals surface area (Å²) >= 11 is 0. The van der Waals surface area contributed by atoms with E-state index in [4.69, 9.17) is 0 Å². The maximum absolute atomic E-state index is 12.9. The van der Waals surface area contributed by atoms with Crippen LogP contribution in [0.4, 0.5) is 5.69 Å². The van der Waals surface area contributed by atoms with Crippen molar-refractivity contribution in [2.45, 2.75) is 76.0 Å². The lowest BCUT2D eigenvalue weighted by atomic mass is 10.0. The normalized spacial score (nSPS) is 29.8. The number of benzene rings is 1. The minimum Gasteiger partial charge on any atom is -0.381 e. The Hall–Kier alpha value is -2.41. The van der Waals surface area contributed by atoms with Crippen LogP contribution in [-0.2, 0) is 16.1 Å². The van der Waals surface area contributed by atoms with Crippen LogP contribution >= 0.6 is 0 Å². The monoisotopic (exact) mass is 410 g/mol. The summed E-state index contributed by atoms with van der Waals surface area (Å²) < 4.78 is 0. The molecule has 3 unspecified atom stereocenters. The molecule has 0 radical (unpaired) electrons. The second-order valence-corrected chi connectivity index (χ2v) is 9.12. The van der Waals surface area contributed by atoms with E-state index in [9.17, 15) is 14.4 Å². The molecule has 1 aliphatic carbocycles. The number of anilines is 1. The Morgan fingerprint density at radius 3 is 2.60 bits per heavy atom. The van der Waals surface area contributed by atoms with E-state index >= 15 is 0 Å². The first-order chi connectivity index (χ1) is 14.6. The number of imide groups is 1. The number of rotatable bonds is 4. The molecule has 30 heavy (non-hydrogen) atoms. The zero-order chi connectivity index (χ0) is 20.7. The Balaban J connectivity index is 1.28. The Morgan fingerprint density at radius 1 is 0.967 bits per heavy atom. The lowest BCUT2D eigenvalue weighted by Crippen LogP contribution is -2.52. The van der Waals surface area contributed by atoms with E-state index in [2.05, 4.69) is 21.6 Å². The van der Waals surface area contributed by atoms with Crippen LogP contribution in [0.3, 0.4) is 0 Å². The van der Waals surface area contributed by atoms with Crippen LogP contribution in [0.1, 0.15) is 67.3 Å². The van der Waals surface area contributed by atoms with Gasteiger partial charge >= 0.3 is 0 Å². The predicted molar refractivity (Wildman–Crippen MR) is 113 cm³/mol. The van der Waals surface area contributed by atoms with Crippen LogP contribution in [0, 0.1) is 0 Å². The molecule has 3 aliphatic heterocycles. The quantitative estimate of drug-likeness (QED) is 0.745. The third-order valence-electron chi connectivity index (χ3n) is 7.21. The molecule has 0 spiro atoms. The van der Waals surface area contributed by atoms with Crippen LogP contribution in [-0.4, -0.2) is 58.7 Å². The van der Waals surface area contributed by atoms with E-state index in [1.54, 1.807) is 4.90 Å². The second-order valence-electron chi connectivity index (χ2n) is 9.12. The van der Waals surface area contributed by atoms with Crippen molar-refractivity contribution in [2.75, 3.05) is 18.4 Å². The summed E-state index contributed by atoms with van der Waals surface area (Å²) in [7, 11) is 0. The summed E-state index contributed by atoms with van der Waals surface area (Å²) in [6.45, 7) is 2.85. The number of carbonyl (C=O) groups is 3. The lowest BCUT2D eigenvalue weighted by molar-refractivity contribution is -0.136. The van der Waals surface area contributed by atoms with E-state index in [0.717, 1.165) is 11.3 Å². The van der Waals surface area contributed by atoms with Gasteiger partial charge in [0.15, 0.2) is 0 Å². The standard InChI is InChI=1S/C23H30N4O3/c28-21-10-9-20(22(29)25-21)27-14-15-13-16(7-8-17(15)23(27)30)24-18-5-4-6-19(18)26-11-2-1-3-12-26/h7-8,13,18-20,24H,1-6,9-12,14H2,(H,25,28,29). The van der Waals surface area contributed by atoms with Gasteiger partial charge in [-0.05, 0) is 75.4 Å². The van der Waals surface area contributed by atoms with Crippen molar-refractivity contribution < 1.29 is 14.4 Å². The van der Waals surface area contributed by atoms with E-state index in [1.807, 2.05) is 12.1 Å². The number of fused-ring (bicyclic) bond motifs is 1. The van der Waals surface area contributed by atoms with Crippen molar-refractivity contribution in [3.63, 3.8) is 0 Å². The van der Waals surface area contributed by atoms with Crippen molar-refractivity contribution in [2.24, 2.45) is 0 Å². The summed E-state index contributed by atoms with van der Waals surface area (Å²) in [6.07, 6.45) is 8.33. The topological polar surface area (TPSA) is 81.8 Å². The molecule has 3 heterocycles. The molecule has 2 saturated heterocycles. The van der Waals surface area contributed by atoms with Gasteiger partial charge in [-0.25, -0.2) is 0 Å². The molecule has 0 aromatic heterocycles. The van der Waals surface area contributed by atoms with Gasteiger partial charge in [0.25, 0.3) is 5.91 Å². The highest BCUT2D eigenvalue weighted by Crippen LogP contribution is 2.32. The van der Waals surface area contributed by atoms with Gasteiger partial charge in [-0.1, -0.05) is 6.42 Å². The molecule has 0 bridgehead atoms. The first kappa shape index (κ1) is 19.5. The maximum Gasteiger partial charge on any atom is 0.255 e. The van der Waals surface area contributed by atoms with Crippen molar-refractivity contribution in [1.29, 1.82) is 0 Å². The Kier molecular flexibility index (Phi) is 5.23. The molecule has 7 nitrogen and oxygen atoms in total. The third-order valence-corrected chi connectivity index (χ3v) is 7.21. The smallest absolute Gasteiger partial charge is 0.255 e. The molecule has 160 valence electrons. The summed E-state index contributed by atoms with van der Waals surface area (Å²) in [6, 6.07) is 6.44. The van der Waals surface area contributed by atoms with E-state index in [-0.39, 0.29) is 24.1 Å². The number of nitrogens with zero attached hydrogens (tertiary/aromatic N) is 2. The molecule has 7 heteroatoms. The number of hydrogen-bond donors (Lipinski definition) is 2. The molecule has 2 N–H and O–H groups in total. The van der Waals surface area contributed by atoms with Gasteiger partial charge in [-0.2, -0.15) is 0 Å². The molecule has 3 fully saturated rings. The SMILES string of the molecule is O=C1CCC(N2Cc3cc(NC4CCCC4N4CCCCC4)ccc3C2=O)C(=O)N1. The first-order valence-electron chi connectivity index (χ1n) is 11.4. The maximum atomic E-state index is 12.9. The van der Waals surface area contributed by atoms with Gasteiger partial charge in [0.1, 0.15) is 6.04 Å². The highest BCUT2D eigenvalue weighted by atomic mass is 16.2. The summed E-state index contributed by atoms with van der Waals surface area (Å²) in [5.41, 5.74) is 2.69. The molecule has 3 amide bonds. The van der Waals surface area contributed by atoms with Gasteiger partial charge < -0.3 is 10.2 Å². The second kappa shape index (κ2) is 8.02. The van der Waals surface area contributed by atoms with Crippen LogP contribution in [0.15, 0.2) is 18.2 Å². The van der Waals surface area contributed by atoms with Gasteiger partial charge in [0.2, 0.25) is 11.8 Å². The van der Waals surface area contributed by atoms with Gasteiger partial charge in [0.05, 0.1) is 0 Å². The number of piperidine rings is 2. The first-order valence-corrected chi connectivity index (χ1v) is 11.4. The number of nitrogens with one attached hydrogen (secondary N) is 2. The van der Waals surface area contributed by atoms with Crippen molar-refractivity contribution >= 4 is 23.4 Å². The van der Waals surface area contributed by atoms with Crippen molar-refractivity contribution in [3.05, 3.63) is 29.3 Å². The zero-order valence-electron chi connectivity index (χ0n) is 17.4. The number of likely N-dealkylation sites (tertiary alicyclic amines) is 1. The largest absolute Gasteiger partial charge is 0.381 e. The lowest BCUT2D eigenvalue weighted by Gasteiger charge is -2.36. The van der Waals surface area contributed by atoms with Gasteiger partial charge in [-0.3, -0.25) is 24.6 Å². The Bertz CT molecular complexity index is 864. The van der Waals surface area contributed by atoms with Crippen LogP contribution in [0.2, 0.25) is 0 Å². The Labute approximate surface area is 177 Å². The number of hydrogen-bond acceptors (Lipinski definition) is 5. The molecule has 1 saturated carbocycles. The minimum absolute atomic E-state index is 0.113. The van der Waals surface area contributed by atoms with E-state index < -0.39 is 6.04 Å². The van der Waals surface area contributed by atoms with E-state index in [1.165, 1.54) is 51.6 Å². The molecule has 1 aromatic carbocycles. The molecule has 5 rings (SSSR count). The van der Waals surface area contributed by atoms with Gasteiger partial charge in [-0.15, -0.1) is 0 Å². The third kappa shape index (κ3) is 3.60. The van der Waals surface area contributed by atoms with Crippen molar-refractivity contribution in [3.8, 4) is 0 Å². The summed E-state index contributed by atoms with van der Waals surface area (Å²) in [5, 5.41) is 6.11. The highest BCUT2D eigenvalue weighted by molar-refractivity contribution is 6.05. The summed E-state index contributed by atoms with van der Waals surface area (Å²) in [4.78, 5) is 40.8. The molecule has 1 aromatic rings. The summed E-state index contributed by atoms with van der Waals surface area (Å²) in [5.74, 6) is -0.731.